The molecule has 1 fully saturated rings. The van der Waals surface area contributed by atoms with Gasteiger partial charge >= 0.3 is 0 Å². The van der Waals surface area contributed by atoms with Crippen LogP contribution < -0.4 is 14.8 Å². The van der Waals surface area contributed by atoms with E-state index in [-0.39, 0.29) is 24.4 Å². The van der Waals surface area contributed by atoms with Crippen molar-refractivity contribution in [3.63, 3.8) is 0 Å². The Morgan fingerprint density at radius 2 is 1.83 bits per heavy atom. The summed E-state index contributed by atoms with van der Waals surface area (Å²) in [6.07, 6.45) is 5.42. The molecule has 0 bridgehead atoms. The Morgan fingerprint density at radius 1 is 1.06 bits per heavy atom. The van der Waals surface area contributed by atoms with Crippen molar-refractivity contribution >= 4 is 22.7 Å². The van der Waals surface area contributed by atoms with Gasteiger partial charge in [-0.3, -0.25) is 9.59 Å². The van der Waals surface area contributed by atoms with Crippen molar-refractivity contribution < 1.29 is 19.1 Å². The molecule has 0 spiro atoms. The van der Waals surface area contributed by atoms with Gasteiger partial charge in [-0.2, -0.15) is 0 Å². The van der Waals surface area contributed by atoms with Crippen LogP contribution in [0.5, 0.6) is 11.5 Å². The van der Waals surface area contributed by atoms with Gasteiger partial charge in [0.2, 0.25) is 5.91 Å². The molecule has 35 heavy (non-hydrogen) atoms. The van der Waals surface area contributed by atoms with E-state index in [4.69, 9.17) is 9.47 Å². The second-order valence-electron chi connectivity index (χ2n) is 9.83. The monoisotopic (exact) mass is 475 g/mol. The Kier molecular flexibility index (Phi) is 6.17. The highest BCUT2D eigenvalue weighted by Gasteiger charge is 2.48. The Morgan fingerprint density at radius 3 is 2.57 bits per heavy atom. The zero-order valence-electron chi connectivity index (χ0n) is 20.7. The lowest BCUT2D eigenvalue weighted by molar-refractivity contribution is -0.134. The quantitative estimate of drug-likeness (QED) is 0.569. The number of carbonyl (C=O) groups excluding carboxylic acids is 2. The maximum atomic E-state index is 14.0. The maximum absolute atomic E-state index is 14.0. The summed E-state index contributed by atoms with van der Waals surface area (Å²) in [7, 11) is 3.25. The van der Waals surface area contributed by atoms with Crippen molar-refractivity contribution in [2.45, 2.75) is 63.7 Å². The van der Waals surface area contributed by atoms with Gasteiger partial charge in [0.1, 0.15) is 22.7 Å². The van der Waals surface area contributed by atoms with E-state index in [2.05, 4.69) is 5.32 Å². The molecule has 2 aliphatic rings. The van der Waals surface area contributed by atoms with Gasteiger partial charge in [-0.15, -0.1) is 0 Å². The molecule has 7 nitrogen and oxygen atoms in total. The topological polar surface area (TPSA) is 72.8 Å². The second-order valence-corrected chi connectivity index (χ2v) is 9.83. The minimum absolute atomic E-state index is 0.108. The fraction of sp³-hybridized carbons (Fsp3) is 0.429. The Balaban J connectivity index is 1.58. The summed E-state index contributed by atoms with van der Waals surface area (Å²) < 4.78 is 13.0. The number of rotatable bonds is 6. The molecule has 0 radical (unpaired) electrons. The highest BCUT2D eigenvalue weighted by molar-refractivity contribution is 6.03. The number of benzene rings is 2. The van der Waals surface area contributed by atoms with Crippen LogP contribution in [-0.2, 0) is 17.9 Å². The van der Waals surface area contributed by atoms with Crippen molar-refractivity contribution in [2.24, 2.45) is 0 Å². The molecule has 5 rings (SSSR count). The van der Waals surface area contributed by atoms with Crippen LogP contribution >= 0.6 is 0 Å². The van der Waals surface area contributed by atoms with Crippen molar-refractivity contribution in [2.75, 3.05) is 14.2 Å². The molecule has 2 amide bonds. The highest BCUT2D eigenvalue weighted by atomic mass is 16.5. The van der Waals surface area contributed by atoms with E-state index in [1.54, 1.807) is 19.1 Å². The minimum atomic E-state index is -1.07. The second kappa shape index (κ2) is 9.29. The molecular formula is C28H33N3O4. The number of nitrogens with zero attached hydrogens (tertiary/aromatic N) is 2. The lowest BCUT2D eigenvalue weighted by Gasteiger charge is -2.45. The molecule has 2 heterocycles. The smallest absolute Gasteiger partial charge is 0.271 e. The fourth-order valence-corrected chi connectivity index (χ4v) is 5.50. The van der Waals surface area contributed by atoms with Crippen molar-refractivity contribution in [1.29, 1.82) is 0 Å². The first-order chi connectivity index (χ1) is 16.9. The summed E-state index contributed by atoms with van der Waals surface area (Å²) in [6, 6.07) is 15.5. The molecule has 7 heteroatoms. The number of para-hydroxylation sites is 1. The summed E-state index contributed by atoms with van der Waals surface area (Å²) in [5.74, 6) is 1.14. The van der Waals surface area contributed by atoms with Gasteiger partial charge < -0.3 is 24.3 Å². The maximum Gasteiger partial charge on any atom is 0.271 e. The summed E-state index contributed by atoms with van der Waals surface area (Å²) in [4.78, 5) is 29.6. The molecule has 1 N–H and O–H groups in total. The molecule has 1 aliphatic heterocycles. The third-order valence-corrected chi connectivity index (χ3v) is 7.59. The summed E-state index contributed by atoms with van der Waals surface area (Å²) in [6.45, 7) is 2.52. The minimum Gasteiger partial charge on any atom is -0.497 e. The number of hydrogen-bond donors (Lipinski definition) is 1. The van der Waals surface area contributed by atoms with Gasteiger partial charge in [-0.1, -0.05) is 37.5 Å². The van der Waals surface area contributed by atoms with Crippen LogP contribution in [0.3, 0.4) is 0 Å². The largest absolute Gasteiger partial charge is 0.497 e. The van der Waals surface area contributed by atoms with E-state index in [1.807, 2.05) is 60.0 Å². The van der Waals surface area contributed by atoms with Crippen LogP contribution in [0.2, 0.25) is 0 Å². The molecule has 0 saturated heterocycles. The predicted molar refractivity (Wildman–Crippen MR) is 135 cm³/mol. The third kappa shape index (κ3) is 4.13. The van der Waals surface area contributed by atoms with Gasteiger partial charge in [-0.05, 0) is 44.0 Å². The summed E-state index contributed by atoms with van der Waals surface area (Å²) in [5, 5.41) is 4.23. The molecule has 1 aromatic heterocycles. The predicted octanol–water partition coefficient (Wildman–Crippen LogP) is 4.52. The van der Waals surface area contributed by atoms with E-state index in [0.29, 0.717) is 18.0 Å². The van der Waals surface area contributed by atoms with Gasteiger partial charge in [-0.25, -0.2) is 0 Å². The Bertz CT molecular complexity index is 1260. The highest BCUT2D eigenvalue weighted by Crippen LogP contribution is 2.36. The number of aromatic nitrogens is 1. The van der Waals surface area contributed by atoms with Crippen LogP contribution in [0, 0.1) is 0 Å². The van der Waals surface area contributed by atoms with Gasteiger partial charge in [0.15, 0.2) is 0 Å². The number of ether oxygens (including phenoxy) is 2. The number of nitrogens with one attached hydrogen (secondary N) is 1. The number of hydrogen-bond acceptors (Lipinski definition) is 4. The lowest BCUT2D eigenvalue weighted by atomic mass is 9.91. The van der Waals surface area contributed by atoms with E-state index < -0.39 is 5.54 Å². The molecule has 1 saturated carbocycles. The molecule has 1 aliphatic carbocycles. The van der Waals surface area contributed by atoms with Gasteiger partial charge in [0, 0.05) is 23.1 Å². The zero-order chi connectivity index (χ0) is 24.6. The average molecular weight is 476 g/mol. The van der Waals surface area contributed by atoms with Gasteiger partial charge in [0.05, 0.1) is 32.8 Å². The molecule has 1 atom stereocenters. The standard InChI is InChI=1S/C28H33N3O4/c1-28(27(33)29-21-10-5-4-6-11-21)18-30-23-16-22(34-2)14-13-19(23)15-24(30)26(32)31(28)17-20-9-7-8-12-25(20)35-3/h7-9,12-16,21H,4-6,10-11,17-18H2,1-3H3,(H,29,33). The van der Waals surface area contributed by atoms with Crippen molar-refractivity contribution in [3.05, 3.63) is 59.8 Å². The SMILES string of the molecule is COc1ccc2cc3n(c2c1)CC(C)(C(=O)NC1CCCCC1)N(Cc1ccccc1OC)C3=O. The molecule has 2 aromatic carbocycles. The van der Waals surface area contributed by atoms with Gasteiger partial charge in [0.25, 0.3) is 5.91 Å². The Labute approximate surface area is 206 Å². The van der Waals surface area contributed by atoms with E-state index in [1.165, 1.54) is 6.42 Å². The molecule has 1 unspecified atom stereocenters. The molecule has 184 valence electrons. The Hall–Kier alpha value is -3.48. The fourth-order valence-electron chi connectivity index (χ4n) is 5.50. The third-order valence-electron chi connectivity index (χ3n) is 7.59. The van der Waals surface area contributed by atoms with Crippen molar-refractivity contribution in [1.82, 2.24) is 14.8 Å². The van der Waals surface area contributed by atoms with Crippen LogP contribution in [0.4, 0.5) is 0 Å². The van der Waals surface area contributed by atoms with E-state index in [9.17, 15) is 9.59 Å². The number of methoxy groups -OCH3 is 2. The van der Waals surface area contributed by atoms with Crippen molar-refractivity contribution in [3.8, 4) is 11.5 Å². The normalized spacial score (nSPS) is 20.5. The summed E-state index contributed by atoms with van der Waals surface area (Å²) in [5.41, 5.74) is 1.26. The number of fused-ring (bicyclic) bond motifs is 3. The number of carbonyl (C=O) groups is 2. The average Bonchev–Trinajstić information content (AvgIpc) is 3.24. The first-order valence-electron chi connectivity index (χ1n) is 12.4. The first kappa shape index (κ1) is 23.3. The lowest BCUT2D eigenvalue weighted by Crippen LogP contribution is -2.64. The van der Waals surface area contributed by atoms with Crippen LogP contribution in [0.1, 0.15) is 55.1 Å². The number of amides is 2. The molecule has 3 aromatic rings. The van der Waals surface area contributed by atoms with Crippen LogP contribution in [-0.4, -0.2) is 47.1 Å². The van der Waals surface area contributed by atoms with Crippen LogP contribution in [0.25, 0.3) is 10.9 Å². The summed E-state index contributed by atoms with van der Waals surface area (Å²) >= 11 is 0. The van der Waals surface area contributed by atoms with E-state index >= 15 is 0 Å². The first-order valence-corrected chi connectivity index (χ1v) is 12.4. The zero-order valence-corrected chi connectivity index (χ0v) is 20.7. The van der Waals surface area contributed by atoms with E-state index in [0.717, 1.165) is 47.9 Å². The molecular weight excluding hydrogens is 442 g/mol. The van der Waals surface area contributed by atoms with Crippen LogP contribution in [0.15, 0.2) is 48.5 Å².